The molecule has 3 amide bonds. The first-order chi connectivity index (χ1) is 7.73. The van der Waals surface area contributed by atoms with Crippen molar-refractivity contribution in [3.8, 4) is 0 Å². The predicted octanol–water partition coefficient (Wildman–Crippen LogP) is -0.388. The van der Waals surface area contributed by atoms with E-state index in [2.05, 4.69) is 5.32 Å². The van der Waals surface area contributed by atoms with Crippen LogP contribution in [0.4, 0.5) is 4.79 Å². The zero-order valence-corrected chi connectivity index (χ0v) is 10.3. The molecule has 7 heteroatoms. The van der Waals surface area contributed by atoms with Gasteiger partial charge in [0.25, 0.3) is 0 Å². The van der Waals surface area contributed by atoms with E-state index in [4.69, 9.17) is 10.8 Å². The van der Waals surface area contributed by atoms with Crippen LogP contribution < -0.4 is 11.1 Å². The van der Waals surface area contributed by atoms with Gasteiger partial charge in [-0.3, -0.25) is 9.59 Å². The van der Waals surface area contributed by atoms with Crippen LogP contribution in [0.15, 0.2) is 0 Å². The third kappa shape index (κ3) is 6.39. The Hall–Kier alpha value is -1.79. The van der Waals surface area contributed by atoms with E-state index in [1.54, 1.807) is 0 Å². The molecule has 0 rings (SSSR count). The lowest BCUT2D eigenvalue weighted by Crippen LogP contribution is -2.50. The normalized spacial score (nSPS) is 12.0. The summed E-state index contributed by atoms with van der Waals surface area (Å²) in [4.78, 5) is 34.3. The number of rotatable bonds is 6. The molecular formula is C10H19N3O4. The van der Waals surface area contributed by atoms with Gasteiger partial charge in [-0.05, 0) is 12.8 Å². The van der Waals surface area contributed by atoms with Crippen LogP contribution >= 0.6 is 0 Å². The summed E-state index contributed by atoms with van der Waals surface area (Å²) in [5.41, 5.74) is 5.02. The Morgan fingerprint density at radius 3 is 2.18 bits per heavy atom. The minimum Gasteiger partial charge on any atom is -0.480 e. The van der Waals surface area contributed by atoms with Crippen molar-refractivity contribution in [1.29, 1.82) is 0 Å². The number of aliphatic carboxylic acids is 1. The van der Waals surface area contributed by atoms with Crippen molar-refractivity contribution in [3.05, 3.63) is 0 Å². The van der Waals surface area contributed by atoms with Crippen LogP contribution in [0.1, 0.15) is 20.8 Å². The molecule has 0 unspecified atom stereocenters. The zero-order chi connectivity index (χ0) is 13.6. The molecule has 98 valence electrons. The minimum absolute atomic E-state index is 0.153. The minimum atomic E-state index is -1.14. The molecule has 0 aliphatic rings. The second-order valence-corrected chi connectivity index (χ2v) is 4.25. The third-order valence-corrected chi connectivity index (χ3v) is 1.93. The van der Waals surface area contributed by atoms with Crippen molar-refractivity contribution in [3.63, 3.8) is 0 Å². The fraction of sp³-hybridized carbons (Fsp3) is 0.700. The fourth-order valence-corrected chi connectivity index (χ4v) is 1.19. The number of hydrogen-bond donors (Lipinski definition) is 3. The Labute approximate surface area is 100.0 Å². The molecule has 0 fully saturated rings. The van der Waals surface area contributed by atoms with E-state index < -0.39 is 23.9 Å². The van der Waals surface area contributed by atoms with E-state index in [1.807, 2.05) is 13.8 Å². The molecule has 0 aliphatic carbocycles. The number of urea groups is 1. The largest absolute Gasteiger partial charge is 0.480 e. The molecule has 0 saturated heterocycles. The van der Waals surface area contributed by atoms with Crippen molar-refractivity contribution in [2.45, 2.75) is 26.8 Å². The first kappa shape index (κ1) is 15.2. The number of carbonyl (C=O) groups excluding carboxylic acids is 2. The molecule has 4 N–H and O–H groups in total. The summed E-state index contributed by atoms with van der Waals surface area (Å²) in [6.07, 6.45) is 0. The smallest absolute Gasteiger partial charge is 0.325 e. The zero-order valence-electron chi connectivity index (χ0n) is 10.3. The predicted molar refractivity (Wildman–Crippen MR) is 61.2 cm³/mol. The maximum Gasteiger partial charge on any atom is 0.325 e. The average molecular weight is 245 g/mol. The number of carbonyl (C=O) groups is 3. The van der Waals surface area contributed by atoms with Gasteiger partial charge in [-0.15, -0.1) is 0 Å². The van der Waals surface area contributed by atoms with Crippen LogP contribution in [0.3, 0.4) is 0 Å². The molecule has 0 saturated carbocycles. The number of carboxylic acids is 1. The lowest BCUT2D eigenvalue weighted by Gasteiger charge is -2.24. The van der Waals surface area contributed by atoms with E-state index in [0.717, 1.165) is 0 Å². The Kier molecular flexibility index (Phi) is 6.01. The van der Waals surface area contributed by atoms with Gasteiger partial charge in [-0.1, -0.05) is 13.8 Å². The van der Waals surface area contributed by atoms with E-state index in [1.165, 1.54) is 11.8 Å². The van der Waals surface area contributed by atoms with Crippen LogP contribution in [-0.4, -0.2) is 47.0 Å². The van der Waals surface area contributed by atoms with Gasteiger partial charge in [0.15, 0.2) is 0 Å². The number of amides is 3. The van der Waals surface area contributed by atoms with Gasteiger partial charge in [0.1, 0.15) is 12.6 Å². The first-order valence-corrected chi connectivity index (χ1v) is 5.30. The first-order valence-electron chi connectivity index (χ1n) is 5.30. The SMILES string of the molecule is CC(C)CN(CC(N)=O)C(=O)N[C@H](C)C(=O)O. The lowest BCUT2D eigenvalue weighted by atomic mass is 10.2. The number of nitrogens with zero attached hydrogens (tertiary/aromatic N) is 1. The quantitative estimate of drug-likeness (QED) is 0.591. The van der Waals surface area contributed by atoms with E-state index in [0.29, 0.717) is 6.54 Å². The van der Waals surface area contributed by atoms with E-state index in [-0.39, 0.29) is 12.5 Å². The van der Waals surface area contributed by atoms with Gasteiger partial charge in [-0.2, -0.15) is 0 Å². The summed E-state index contributed by atoms with van der Waals surface area (Å²) in [5.74, 6) is -1.62. The maximum atomic E-state index is 11.7. The summed E-state index contributed by atoms with van der Waals surface area (Å²) < 4.78 is 0. The topological polar surface area (TPSA) is 113 Å². The standard InChI is InChI=1S/C10H19N3O4/c1-6(2)4-13(5-8(11)14)10(17)12-7(3)9(15)16/h6-7H,4-5H2,1-3H3,(H2,11,14)(H,12,17)(H,15,16)/t7-/m1/s1. The summed E-state index contributed by atoms with van der Waals surface area (Å²) in [7, 11) is 0. The highest BCUT2D eigenvalue weighted by molar-refractivity contribution is 5.85. The second-order valence-electron chi connectivity index (χ2n) is 4.25. The molecule has 1 atom stereocenters. The fourth-order valence-electron chi connectivity index (χ4n) is 1.19. The van der Waals surface area contributed by atoms with E-state index in [9.17, 15) is 14.4 Å². The Morgan fingerprint density at radius 2 is 1.82 bits per heavy atom. The molecule has 0 spiro atoms. The van der Waals surface area contributed by atoms with Crippen LogP contribution in [0.5, 0.6) is 0 Å². The average Bonchev–Trinajstić information content (AvgIpc) is 2.14. The lowest BCUT2D eigenvalue weighted by molar-refractivity contribution is -0.138. The van der Waals surface area contributed by atoms with Gasteiger partial charge < -0.3 is 21.1 Å². The molecule has 0 heterocycles. The number of hydrogen-bond acceptors (Lipinski definition) is 3. The van der Waals surface area contributed by atoms with Crippen molar-refractivity contribution in [1.82, 2.24) is 10.2 Å². The Morgan fingerprint density at radius 1 is 1.29 bits per heavy atom. The van der Waals surface area contributed by atoms with Crippen LogP contribution in [0.25, 0.3) is 0 Å². The summed E-state index contributed by atoms with van der Waals surface area (Å²) in [6, 6.07) is -1.61. The van der Waals surface area contributed by atoms with Crippen molar-refractivity contribution in [2.75, 3.05) is 13.1 Å². The molecule has 0 aromatic carbocycles. The molecule has 17 heavy (non-hydrogen) atoms. The Balaban J connectivity index is 4.51. The molecule has 0 bridgehead atoms. The van der Waals surface area contributed by atoms with Gasteiger partial charge in [0.2, 0.25) is 5.91 Å². The highest BCUT2D eigenvalue weighted by Crippen LogP contribution is 1.99. The van der Waals surface area contributed by atoms with Crippen LogP contribution in [0.2, 0.25) is 0 Å². The number of nitrogens with one attached hydrogen (secondary N) is 1. The van der Waals surface area contributed by atoms with Crippen molar-refractivity contribution >= 4 is 17.9 Å². The summed E-state index contributed by atoms with van der Waals surface area (Å²) in [5, 5.41) is 10.9. The van der Waals surface area contributed by atoms with Gasteiger partial charge in [-0.25, -0.2) is 4.79 Å². The summed E-state index contributed by atoms with van der Waals surface area (Å²) in [6.45, 7) is 5.21. The summed E-state index contributed by atoms with van der Waals surface area (Å²) >= 11 is 0. The van der Waals surface area contributed by atoms with E-state index >= 15 is 0 Å². The number of primary amides is 1. The highest BCUT2D eigenvalue weighted by Gasteiger charge is 2.21. The molecule has 0 aromatic heterocycles. The molecule has 0 aromatic rings. The van der Waals surface area contributed by atoms with Crippen molar-refractivity contribution in [2.24, 2.45) is 11.7 Å². The van der Waals surface area contributed by atoms with Gasteiger partial charge >= 0.3 is 12.0 Å². The number of nitrogens with two attached hydrogens (primary N) is 1. The number of carboxylic acid groups (broad SMARTS) is 1. The van der Waals surface area contributed by atoms with Crippen LogP contribution in [0, 0.1) is 5.92 Å². The monoisotopic (exact) mass is 245 g/mol. The highest BCUT2D eigenvalue weighted by atomic mass is 16.4. The molecule has 0 radical (unpaired) electrons. The van der Waals surface area contributed by atoms with Gasteiger partial charge in [0.05, 0.1) is 0 Å². The molecular weight excluding hydrogens is 226 g/mol. The third-order valence-electron chi connectivity index (χ3n) is 1.93. The molecule has 7 nitrogen and oxygen atoms in total. The van der Waals surface area contributed by atoms with Gasteiger partial charge in [0, 0.05) is 6.54 Å². The second kappa shape index (κ2) is 6.72. The molecule has 0 aliphatic heterocycles. The Bertz CT molecular complexity index is 304. The maximum absolute atomic E-state index is 11.7. The van der Waals surface area contributed by atoms with Crippen LogP contribution in [-0.2, 0) is 9.59 Å². The van der Waals surface area contributed by atoms with Crippen molar-refractivity contribution < 1.29 is 19.5 Å².